The maximum Gasteiger partial charge on any atom is 0.0684 e. The molecule has 3 rings (SSSR count). The van der Waals surface area contributed by atoms with Crippen LogP contribution in [0.25, 0.3) is 11.1 Å². The van der Waals surface area contributed by atoms with E-state index >= 15 is 0 Å². The molecule has 2 aromatic carbocycles. The van der Waals surface area contributed by atoms with Gasteiger partial charge in [-0.3, -0.25) is 0 Å². The molecule has 0 saturated heterocycles. The molecule has 2 N–H and O–H groups in total. The number of aliphatic hydroxyl groups is 1. The molecule has 0 unspecified atom stereocenters. The van der Waals surface area contributed by atoms with Crippen LogP contribution in [0.1, 0.15) is 18.1 Å². The standard InChI is InChI=1S/C16H17NO/c1-11(18)10-17-14-6-7-16-13(9-14)8-12-4-2-3-5-15(12)16/h2-7,9,11,17-18H,8,10H2,1H3/t11-/m0/s1. The average Bonchev–Trinajstić information content (AvgIpc) is 2.73. The second kappa shape index (κ2) is 4.46. The van der Waals surface area contributed by atoms with Crippen molar-refractivity contribution in [2.45, 2.75) is 19.4 Å². The van der Waals surface area contributed by atoms with E-state index in [0.717, 1.165) is 12.1 Å². The quantitative estimate of drug-likeness (QED) is 0.736. The Hall–Kier alpha value is -1.80. The first-order valence-corrected chi connectivity index (χ1v) is 6.37. The van der Waals surface area contributed by atoms with Crippen LogP contribution in [0.2, 0.25) is 0 Å². The molecule has 2 nitrogen and oxygen atoms in total. The fourth-order valence-electron chi connectivity index (χ4n) is 2.52. The van der Waals surface area contributed by atoms with Crippen LogP contribution in [0.15, 0.2) is 42.5 Å². The summed E-state index contributed by atoms with van der Waals surface area (Å²) in [6.45, 7) is 2.38. The minimum atomic E-state index is -0.324. The van der Waals surface area contributed by atoms with Crippen LogP contribution in [0.3, 0.4) is 0 Å². The molecular formula is C16H17NO. The summed E-state index contributed by atoms with van der Waals surface area (Å²) in [7, 11) is 0. The number of benzene rings is 2. The van der Waals surface area contributed by atoms with Gasteiger partial charge in [0.15, 0.2) is 0 Å². The molecule has 0 radical (unpaired) electrons. The predicted octanol–water partition coefficient (Wildman–Crippen LogP) is 3.05. The van der Waals surface area contributed by atoms with E-state index in [1.807, 2.05) is 0 Å². The van der Waals surface area contributed by atoms with Crippen molar-refractivity contribution < 1.29 is 5.11 Å². The molecule has 2 aromatic rings. The predicted molar refractivity (Wildman–Crippen MR) is 74.9 cm³/mol. The van der Waals surface area contributed by atoms with E-state index in [1.165, 1.54) is 22.3 Å². The maximum absolute atomic E-state index is 9.29. The zero-order valence-electron chi connectivity index (χ0n) is 10.5. The van der Waals surface area contributed by atoms with E-state index in [4.69, 9.17) is 0 Å². The van der Waals surface area contributed by atoms with E-state index in [9.17, 15) is 5.11 Å². The van der Waals surface area contributed by atoms with Gasteiger partial charge in [0.2, 0.25) is 0 Å². The molecule has 0 aromatic heterocycles. The Balaban J connectivity index is 1.89. The summed E-state index contributed by atoms with van der Waals surface area (Å²) in [6.07, 6.45) is 0.686. The lowest BCUT2D eigenvalue weighted by molar-refractivity contribution is 0.208. The van der Waals surface area contributed by atoms with Gasteiger partial charge in [-0.1, -0.05) is 30.3 Å². The second-order valence-corrected chi connectivity index (χ2v) is 4.94. The highest BCUT2D eigenvalue weighted by Gasteiger charge is 2.17. The maximum atomic E-state index is 9.29. The Morgan fingerprint density at radius 2 is 1.89 bits per heavy atom. The Labute approximate surface area is 107 Å². The molecule has 0 spiro atoms. The molecule has 2 heteroatoms. The van der Waals surface area contributed by atoms with Crippen LogP contribution in [0, 0.1) is 0 Å². The van der Waals surface area contributed by atoms with Gasteiger partial charge in [-0.15, -0.1) is 0 Å². The molecule has 1 aliphatic rings. The summed E-state index contributed by atoms with van der Waals surface area (Å²) in [5, 5.41) is 12.5. The summed E-state index contributed by atoms with van der Waals surface area (Å²) in [5.41, 5.74) is 6.55. The molecule has 0 saturated carbocycles. The van der Waals surface area contributed by atoms with E-state index in [1.54, 1.807) is 6.92 Å². The summed E-state index contributed by atoms with van der Waals surface area (Å²) in [4.78, 5) is 0. The molecule has 1 aliphatic carbocycles. The van der Waals surface area contributed by atoms with Gasteiger partial charge in [0, 0.05) is 12.2 Å². The Morgan fingerprint density at radius 1 is 1.11 bits per heavy atom. The number of nitrogens with one attached hydrogen (secondary N) is 1. The van der Waals surface area contributed by atoms with Crippen molar-refractivity contribution in [2.75, 3.05) is 11.9 Å². The Kier molecular flexibility index (Phi) is 2.80. The molecule has 0 heterocycles. The van der Waals surface area contributed by atoms with Gasteiger partial charge in [-0.2, -0.15) is 0 Å². The number of rotatable bonds is 3. The number of aliphatic hydroxyl groups excluding tert-OH is 1. The summed E-state index contributed by atoms with van der Waals surface area (Å²) in [6, 6.07) is 15.0. The third-order valence-electron chi connectivity index (χ3n) is 3.40. The number of hydrogen-bond donors (Lipinski definition) is 2. The van der Waals surface area contributed by atoms with Crippen molar-refractivity contribution >= 4 is 5.69 Å². The lowest BCUT2D eigenvalue weighted by atomic mass is 10.1. The zero-order chi connectivity index (χ0) is 12.5. The fraction of sp³-hybridized carbons (Fsp3) is 0.250. The lowest BCUT2D eigenvalue weighted by Crippen LogP contribution is -2.15. The zero-order valence-corrected chi connectivity index (χ0v) is 10.5. The SMILES string of the molecule is C[C@H](O)CNc1ccc2c(c1)Cc1ccccc1-2. The van der Waals surface area contributed by atoms with Crippen molar-refractivity contribution in [2.24, 2.45) is 0 Å². The summed E-state index contributed by atoms with van der Waals surface area (Å²) >= 11 is 0. The smallest absolute Gasteiger partial charge is 0.0684 e. The molecule has 0 fully saturated rings. The highest BCUT2D eigenvalue weighted by atomic mass is 16.3. The van der Waals surface area contributed by atoms with Crippen LogP contribution in [0.5, 0.6) is 0 Å². The summed E-state index contributed by atoms with van der Waals surface area (Å²) in [5.74, 6) is 0. The van der Waals surface area contributed by atoms with Gasteiger partial charge in [-0.25, -0.2) is 0 Å². The Bertz CT molecular complexity index is 575. The van der Waals surface area contributed by atoms with Crippen LogP contribution in [0.4, 0.5) is 5.69 Å². The second-order valence-electron chi connectivity index (χ2n) is 4.94. The third-order valence-corrected chi connectivity index (χ3v) is 3.40. The first-order valence-electron chi connectivity index (χ1n) is 6.37. The van der Waals surface area contributed by atoms with E-state index in [0.29, 0.717) is 6.54 Å². The van der Waals surface area contributed by atoms with Crippen LogP contribution in [-0.4, -0.2) is 17.8 Å². The number of fused-ring (bicyclic) bond motifs is 3. The highest BCUT2D eigenvalue weighted by molar-refractivity contribution is 5.78. The topological polar surface area (TPSA) is 32.3 Å². The average molecular weight is 239 g/mol. The molecular weight excluding hydrogens is 222 g/mol. The molecule has 0 aliphatic heterocycles. The van der Waals surface area contributed by atoms with Crippen molar-refractivity contribution in [3.8, 4) is 11.1 Å². The van der Waals surface area contributed by atoms with Crippen LogP contribution in [-0.2, 0) is 6.42 Å². The molecule has 92 valence electrons. The fourth-order valence-corrected chi connectivity index (χ4v) is 2.52. The van der Waals surface area contributed by atoms with Crippen molar-refractivity contribution in [3.63, 3.8) is 0 Å². The van der Waals surface area contributed by atoms with E-state index in [-0.39, 0.29) is 6.10 Å². The van der Waals surface area contributed by atoms with Gasteiger partial charge >= 0.3 is 0 Å². The number of anilines is 1. The minimum Gasteiger partial charge on any atom is -0.392 e. The van der Waals surface area contributed by atoms with Gasteiger partial charge in [-0.05, 0) is 47.7 Å². The van der Waals surface area contributed by atoms with Gasteiger partial charge < -0.3 is 10.4 Å². The monoisotopic (exact) mass is 239 g/mol. The van der Waals surface area contributed by atoms with Crippen molar-refractivity contribution in [1.82, 2.24) is 0 Å². The van der Waals surface area contributed by atoms with Crippen molar-refractivity contribution in [3.05, 3.63) is 53.6 Å². The molecule has 0 bridgehead atoms. The minimum absolute atomic E-state index is 0.324. The summed E-state index contributed by atoms with van der Waals surface area (Å²) < 4.78 is 0. The lowest BCUT2D eigenvalue weighted by Gasteiger charge is -2.10. The van der Waals surface area contributed by atoms with Gasteiger partial charge in [0.25, 0.3) is 0 Å². The largest absolute Gasteiger partial charge is 0.392 e. The number of hydrogen-bond acceptors (Lipinski definition) is 2. The normalized spacial score (nSPS) is 13.9. The molecule has 18 heavy (non-hydrogen) atoms. The van der Waals surface area contributed by atoms with Gasteiger partial charge in [0.05, 0.1) is 6.10 Å². The first-order chi connectivity index (χ1) is 8.74. The van der Waals surface area contributed by atoms with Crippen LogP contribution >= 0.6 is 0 Å². The molecule has 1 atom stereocenters. The molecule has 0 amide bonds. The van der Waals surface area contributed by atoms with Gasteiger partial charge in [0.1, 0.15) is 0 Å². The van der Waals surface area contributed by atoms with E-state index < -0.39 is 0 Å². The highest BCUT2D eigenvalue weighted by Crippen LogP contribution is 2.37. The Morgan fingerprint density at radius 3 is 2.72 bits per heavy atom. The van der Waals surface area contributed by atoms with Crippen molar-refractivity contribution in [1.29, 1.82) is 0 Å². The van der Waals surface area contributed by atoms with E-state index in [2.05, 4.69) is 47.8 Å². The third kappa shape index (κ3) is 2.00. The first kappa shape index (κ1) is 11.3. The van der Waals surface area contributed by atoms with Crippen LogP contribution < -0.4 is 5.32 Å².